The second-order valence-electron chi connectivity index (χ2n) is 3.55. The summed E-state index contributed by atoms with van der Waals surface area (Å²) in [6.07, 6.45) is 0. The molecule has 0 aliphatic heterocycles. The van der Waals surface area contributed by atoms with Crippen LogP contribution in [-0.4, -0.2) is 7.11 Å². The molecule has 1 aromatic carbocycles. The van der Waals surface area contributed by atoms with E-state index in [-0.39, 0.29) is 0 Å². The summed E-state index contributed by atoms with van der Waals surface area (Å²) in [6, 6.07) is 5.98. The van der Waals surface area contributed by atoms with E-state index in [0.717, 1.165) is 5.69 Å². The lowest BCUT2D eigenvalue weighted by molar-refractivity contribution is 0.184. The van der Waals surface area contributed by atoms with Crippen LogP contribution in [0.1, 0.15) is 30.9 Å². The summed E-state index contributed by atoms with van der Waals surface area (Å²) in [5.74, 6) is 0.494. The lowest BCUT2D eigenvalue weighted by Crippen LogP contribution is -1.99. The third-order valence-corrected chi connectivity index (χ3v) is 2.09. The fourth-order valence-electron chi connectivity index (χ4n) is 1.44. The molecule has 0 unspecified atom stereocenters. The summed E-state index contributed by atoms with van der Waals surface area (Å²) >= 11 is 0. The van der Waals surface area contributed by atoms with Crippen LogP contribution < -0.4 is 5.73 Å². The monoisotopic (exact) mass is 179 g/mol. The number of ether oxygens (including phenoxy) is 1. The minimum Gasteiger partial charge on any atom is -0.399 e. The normalized spacial score (nSPS) is 10.8. The van der Waals surface area contributed by atoms with Crippen molar-refractivity contribution >= 4 is 5.69 Å². The van der Waals surface area contributed by atoms with Gasteiger partial charge in [-0.2, -0.15) is 0 Å². The number of rotatable bonds is 3. The first kappa shape index (κ1) is 10.1. The Balaban J connectivity index is 3.03. The average molecular weight is 179 g/mol. The number of hydrogen-bond donors (Lipinski definition) is 1. The van der Waals surface area contributed by atoms with Gasteiger partial charge in [-0.3, -0.25) is 0 Å². The molecule has 2 N–H and O–H groups in total. The summed E-state index contributed by atoms with van der Waals surface area (Å²) in [4.78, 5) is 0. The van der Waals surface area contributed by atoms with Crippen molar-refractivity contribution in [1.29, 1.82) is 0 Å². The maximum absolute atomic E-state index is 5.72. The summed E-state index contributed by atoms with van der Waals surface area (Å²) in [7, 11) is 1.71. The zero-order chi connectivity index (χ0) is 9.84. The van der Waals surface area contributed by atoms with Gasteiger partial charge in [-0.05, 0) is 29.2 Å². The number of nitrogens with two attached hydrogens (primary N) is 1. The number of anilines is 1. The van der Waals surface area contributed by atoms with Crippen molar-refractivity contribution in [3.63, 3.8) is 0 Å². The van der Waals surface area contributed by atoms with Crippen LogP contribution in [0.25, 0.3) is 0 Å². The van der Waals surface area contributed by atoms with Gasteiger partial charge in [-0.25, -0.2) is 0 Å². The van der Waals surface area contributed by atoms with Crippen LogP contribution >= 0.6 is 0 Å². The molecule has 0 heterocycles. The highest BCUT2D eigenvalue weighted by atomic mass is 16.5. The van der Waals surface area contributed by atoms with E-state index in [2.05, 4.69) is 13.8 Å². The van der Waals surface area contributed by atoms with Crippen molar-refractivity contribution in [3.05, 3.63) is 29.3 Å². The van der Waals surface area contributed by atoms with Gasteiger partial charge in [0.15, 0.2) is 0 Å². The highest BCUT2D eigenvalue weighted by molar-refractivity contribution is 5.45. The van der Waals surface area contributed by atoms with E-state index < -0.39 is 0 Å². The quantitative estimate of drug-likeness (QED) is 0.724. The number of benzene rings is 1. The van der Waals surface area contributed by atoms with E-state index in [1.165, 1.54) is 11.1 Å². The van der Waals surface area contributed by atoms with Gasteiger partial charge in [0.05, 0.1) is 6.61 Å². The fraction of sp³-hybridized carbons (Fsp3) is 0.455. The van der Waals surface area contributed by atoms with Crippen LogP contribution in [0, 0.1) is 0 Å². The van der Waals surface area contributed by atoms with Gasteiger partial charge in [0.1, 0.15) is 0 Å². The molecule has 0 bridgehead atoms. The van der Waals surface area contributed by atoms with Crippen molar-refractivity contribution in [2.24, 2.45) is 0 Å². The minimum atomic E-state index is 0.494. The molecule has 13 heavy (non-hydrogen) atoms. The second-order valence-corrected chi connectivity index (χ2v) is 3.55. The summed E-state index contributed by atoms with van der Waals surface area (Å²) in [6.45, 7) is 4.98. The van der Waals surface area contributed by atoms with Gasteiger partial charge in [-0.15, -0.1) is 0 Å². The summed E-state index contributed by atoms with van der Waals surface area (Å²) in [5, 5.41) is 0. The van der Waals surface area contributed by atoms with E-state index in [1.54, 1.807) is 7.11 Å². The standard InChI is InChI=1S/C11H17NO/c1-8(2)11-6-10(12)5-4-9(11)7-13-3/h4-6,8H,7,12H2,1-3H3. The molecule has 0 amide bonds. The van der Waals surface area contributed by atoms with Gasteiger partial charge in [0, 0.05) is 12.8 Å². The molecule has 0 radical (unpaired) electrons. The van der Waals surface area contributed by atoms with Crippen LogP contribution in [-0.2, 0) is 11.3 Å². The average Bonchev–Trinajstić information content (AvgIpc) is 2.08. The van der Waals surface area contributed by atoms with Crippen LogP contribution in [0.15, 0.2) is 18.2 Å². The van der Waals surface area contributed by atoms with E-state index >= 15 is 0 Å². The molecule has 1 rings (SSSR count). The first-order valence-electron chi connectivity index (χ1n) is 4.52. The van der Waals surface area contributed by atoms with Gasteiger partial charge in [0.2, 0.25) is 0 Å². The molecule has 0 aliphatic carbocycles. The molecular formula is C11H17NO. The van der Waals surface area contributed by atoms with E-state index in [4.69, 9.17) is 10.5 Å². The SMILES string of the molecule is COCc1ccc(N)cc1C(C)C. The minimum absolute atomic E-state index is 0.494. The predicted molar refractivity (Wildman–Crippen MR) is 55.7 cm³/mol. The van der Waals surface area contributed by atoms with Gasteiger partial charge in [-0.1, -0.05) is 19.9 Å². The van der Waals surface area contributed by atoms with E-state index in [9.17, 15) is 0 Å². The van der Waals surface area contributed by atoms with Crippen LogP contribution in [0.3, 0.4) is 0 Å². The Morgan fingerprint density at radius 1 is 1.38 bits per heavy atom. The van der Waals surface area contributed by atoms with E-state index in [0.29, 0.717) is 12.5 Å². The zero-order valence-electron chi connectivity index (χ0n) is 8.50. The van der Waals surface area contributed by atoms with Crippen LogP contribution in [0.5, 0.6) is 0 Å². The number of methoxy groups -OCH3 is 1. The molecule has 0 atom stereocenters. The molecule has 1 aromatic rings. The molecule has 0 fully saturated rings. The topological polar surface area (TPSA) is 35.2 Å². The van der Waals surface area contributed by atoms with Gasteiger partial charge < -0.3 is 10.5 Å². The molecule has 0 aromatic heterocycles. The zero-order valence-corrected chi connectivity index (χ0v) is 8.50. The predicted octanol–water partition coefficient (Wildman–Crippen LogP) is 2.54. The van der Waals surface area contributed by atoms with Crippen molar-refractivity contribution < 1.29 is 4.74 Å². The summed E-state index contributed by atoms with van der Waals surface area (Å²) in [5.41, 5.74) is 9.05. The lowest BCUT2D eigenvalue weighted by Gasteiger charge is -2.12. The number of nitrogen functional groups attached to an aromatic ring is 1. The Morgan fingerprint density at radius 2 is 2.08 bits per heavy atom. The molecule has 0 aliphatic rings. The Kier molecular flexibility index (Phi) is 3.32. The largest absolute Gasteiger partial charge is 0.399 e. The Hall–Kier alpha value is -1.02. The Labute approximate surface area is 79.7 Å². The van der Waals surface area contributed by atoms with Crippen molar-refractivity contribution in [1.82, 2.24) is 0 Å². The first-order chi connectivity index (χ1) is 6.15. The molecule has 0 saturated carbocycles. The van der Waals surface area contributed by atoms with Crippen molar-refractivity contribution in [2.75, 3.05) is 12.8 Å². The second kappa shape index (κ2) is 4.28. The molecular weight excluding hydrogens is 162 g/mol. The Morgan fingerprint density at radius 3 is 2.62 bits per heavy atom. The lowest BCUT2D eigenvalue weighted by atomic mass is 9.97. The smallest absolute Gasteiger partial charge is 0.0715 e. The maximum Gasteiger partial charge on any atom is 0.0715 e. The number of hydrogen-bond acceptors (Lipinski definition) is 2. The van der Waals surface area contributed by atoms with Gasteiger partial charge >= 0.3 is 0 Å². The van der Waals surface area contributed by atoms with Gasteiger partial charge in [0.25, 0.3) is 0 Å². The van der Waals surface area contributed by atoms with E-state index in [1.807, 2.05) is 18.2 Å². The Bertz CT molecular complexity index is 281. The first-order valence-corrected chi connectivity index (χ1v) is 4.52. The summed E-state index contributed by atoms with van der Waals surface area (Å²) < 4.78 is 5.12. The molecule has 2 nitrogen and oxygen atoms in total. The molecule has 72 valence electrons. The molecule has 0 spiro atoms. The third kappa shape index (κ3) is 2.46. The van der Waals surface area contributed by atoms with Crippen molar-refractivity contribution in [2.45, 2.75) is 26.4 Å². The highest BCUT2D eigenvalue weighted by Crippen LogP contribution is 2.22. The maximum atomic E-state index is 5.72. The van der Waals surface area contributed by atoms with Crippen LogP contribution in [0.2, 0.25) is 0 Å². The molecule has 0 saturated heterocycles. The van der Waals surface area contributed by atoms with Crippen LogP contribution in [0.4, 0.5) is 5.69 Å². The third-order valence-electron chi connectivity index (χ3n) is 2.09. The fourth-order valence-corrected chi connectivity index (χ4v) is 1.44. The molecule has 2 heteroatoms. The van der Waals surface area contributed by atoms with Crippen molar-refractivity contribution in [3.8, 4) is 0 Å². The highest BCUT2D eigenvalue weighted by Gasteiger charge is 2.06.